The van der Waals surface area contributed by atoms with Crippen LogP contribution in [0.2, 0.25) is 0 Å². The van der Waals surface area contributed by atoms with E-state index in [1.807, 2.05) is 21.1 Å². The van der Waals surface area contributed by atoms with Crippen molar-refractivity contribution in [3.8, 4) is 0 Å². The maximum Gasteiger partial charge on any atom is 0.508 e. The smallest absolute Gasteiger partial charge is 0.508 e. The molecule has 0 aromatic heterocycles. The summed E-state index contributed by atoms with van der Waals surface area (Å²) >= 11 is 0. The van der Waals surface area contributed by atoms with E-state index in [0.29, 0.717) is 17.4 Å². The predicted molar refractivity (Wildman–Crippen MR) is 158 cm³/mol. The number of unbranched alkanes of at least 4 members (excludes halogenated alkanes) is 17. The lowest BCUT2D eigenvalue weighted by Gasteiger charge is -2.28. The lowest BCUT2D eigenvalue weighted by molar-refractivity contribution is -0.870. The first-order valence-corrected chi connectivity index (χ1v) is 17.3. The highest BCUT2D eigenvalue weighted by Gasteiger charge is 2.20. The van der Waals surface area contributed by atoms with Gasteiger partial charge in [-0.05, 0) is 19.8 Å². The van der Waals surface area contributed by atoms with Gasteiger partial charge in [0.25, 0.3) is 7.82 Å². The minimum Gasteiger partial charge on any atom is -0.756 e. The van der Waals surface area contributed by atoms with Crippen LogP contribution in [0, 0.1) is 0 Å². The van der Waals surface area contributed by atoms with Crippen molar-refractivity contribution in [1.29, 1.82) is 0 Å². The summed E-state index contributed by atoms with van der Waals surface area (Å²) in [5, 5.41) is 0. The number of rotatable bonds is 28. The van der Waals surface area contributed by atoms with Crippen molar-refractivity contribution in [3.05, 3.63) is 0 Å². The van der Waals surface area contributed by atoms with Crippen molar-refractivity contribution in [3.63, 3.8) is 0 Å². The van der Waals surface area contributed by atoms with E-state index >= 15 is 0 Å². The summed E-state index contributed by atoms with van der Waals surface area (Å²) in [5.41, 5.74) is 0. The Labute approximate surface area is 240 Å². The van der Waals surface area contributed by atoms with Gasteiger partial charge < -0.3 is 27.9 Å². The molecule has 0 bridgehead atoms. The van der Waals surface area contributed by atoms with Crippen molar-refractivity contribution in [1.82, 2.24) is 0 Å². The van der Waals surface area contributed by atoms with Gasteiger partial charge in [0.15, 0.2) is 0 Å². The van der Waals surface area contributed by atoms with Gasteiger partial charge in [-0.15, -0.1) is 0 Å². The number of hydrogen-bond acceptors (Lipinski definition) is 7. The Morgan fingerprint density at radius 3 is 1.56 bits per heavy atom. The van der Waals surface area contributed by atoms with Gasteiger partial charge in [0.1, 0.15) is 19.3 Å². The fourth-order valence-corrected chi connectivity index (χ4v) is 5.10. The Morgan fingerprint density at radius 2 is 1.15 bits per heavy atom. The molecule has 0 saturated heterocycles. The van der Waals surface area contributed by atoms with Gasteiger partial charge in [0.2, 0.25) is 0 Å². The molecule has 0 fully saturated rings. The largest absolute Gasteiger partial charge is 0.756 e. The second-order valence-corrected chi connectivity index (χ2v) is 13.2. The van der Waals surface area contributed by atoms with Gasteiger partial charge in [-0.2, -0.15) is 0 Å². The summed E-state index contributed by atoms with van der Waals surface area (Å²) in [6, 6.07) is 0. The first-order chi connectivity index (χ1) is 18.6. The molecular formula is C30H62NO7P. The van der Waals surface area contributed by atoms with E-state index in [2.05, 4.69) is 6.92 Å². The van der Waals surface area contributed by atoms with E-state index in [-0.39, 0.29) is 19.8 Å². The summed E-state index contributed by atoms with van der Waals surface area (Å²) < 4.78 is 32.7. The number of carbonyl (C=O) groups is 1. The quantitative estimate of drug-likeness (QED) is 0.0399. The third kappa shape index (κ3) is 28.7. The molecule has 8 nitrogen and oxygen atoms in total. The van der Waals surface area contributed by atoms with Crippen molar-refractivity contribution in [2.45, 2.75) is 142 Å². The van der Waals surface area contributed by atoms with Crippen LogP contribution in [0.3, 0.4) is 0 Å². The fraction of sp³-hybridized carbons (Fsp3) is 0.967. The number of carbonyl (C=O) groups excluding carboxylic acids is 1. The molecule has 39 heavy (non-hydrogen) atoms. The summed E-state index contributed by atoms with van der Waals surface area (Å²) in [5.74, 6) is 0. The van der Waals surface area contributed by atoms with Crippen molar-refractivity contribution in [2.75, 3.05) is 47.5 Å². The normalized spacial score (nSPS) is 14.2. The molecule has 0 saturated carbocycles. The van der Waals surface area contributed by atoms with Crippen molar-refractivity contribution >= 4 is 14.0 Å². The fourth-order valence-electron chi connectivity index (χ4n) is 4.38. The van der Waals surface area contributed by atoms with Gasteiger partial charge in [-0.25, -0.2) is 4.79 Å². The molecule has 0 aromatic rings. The van der Waals surface area contributed by atoms with E-state index in [0.717, 1.165) is 19.3 Å². The minimum absolute atomic E-state index is 0.0347. The maximum atomic E-state index is 12.1. The molecule has 2 atom stereocenters. The van der Waals surface area contributed by atoms with E-state index in [9.17, 15) is 14.3 Å². The molecule has 2 unspecified atom stereocenters. The molecule has 0 N–H and O–H groups in total. The minimum atomic E-state index is -4.46. The average Bonchev–Trinajstić information content (AvgIpc) is 2.85. The molecule has 0 aromatic carbocycles. The number of phosphoric ester groups is 1. The standard InChI is InChI=1S/C30H62NO7P/c1-6-8-9-10-11-12-13-14-15-16-17-18-19-20-21-22-23-24-25-29(38-30(32)35-7-2)28-37-39(33,34)36-27-26-31(3,4)5/h29H,6-28H2,1-5H3. The number of quaternary nitrogens is 1. The van der Waals surface area contributed by atoms with Gasteiger partial charge in [0.05, 0.1) is 34.4 Å². The number of likely N-dealkylation sites (N-methyl/N-ethyl adjacent to an activating group) is 1. The number of hydrogen-bond donors (Lipinski definition) is 0. The summed E-state index contributed by atoms with van der Waals surface area (Å²) in [6.07, 6.45) is 22.4. The van der Waals surface area contributed by atoms with Crippen LogP contribution >= 0.6 is 7.82 Å². The Morgan fingerprint density at radius 1 is 0.718 bits per heavy atom. The Bertz CT molecular complexity index is 613. The molecule has 0 spiro atoms. The molecular weight excluding hydrogens is 517 g/mol. The Kier molecular flexibility index (Phi) is 24.7. The van der Waals surface area contributed by atoms with E-state index in [1.165, 1.54) is 96.3 Å². The highest BCUT2D eigenvalue weighted by atomic mass is 31.2. The van der Waals surface area contributed by atoms with Crippen LogP contribution in [-0.2, 0) is 23.1 Å². The SMILES string of the molecule is CCCCCCCCCCCCCCCCCCCCC(COP(=O)([O-])OCC[N+](C)(C)C)OC(=O)OCC. The van der Waals surface area contributed by atoms with Gasteiger partial charge in [0, 0.05) is 0 Å². The molecule has 0 aliphatic carbocycles. The number of nitrogens with zero attached hydrogens (tertiary/aromatic N) is 1. The molecule has 0 aliphatic rings. The third-order valence-electron chi connectivity index (χ3n) is 6.83. The van der Waals surface area contributed by atoms with Gasteiger partial charge in [-0.3, -0.25) is 4.57 Å². The summed E-state index contributed by atoms with van der Waals surface area (Å²) in [4.78, 5) is 23.9. The molecule has 0 heterocycles. The second kappa shape index (κ2) is 25.1. The van der Waals surface area contributed by atoms with E-state index in [4.69, 9.17) is 18.5 Å². The highest BCUT2D eigenvalue weighted by Crippen LogP contribution is 2.38. The molecule has 0 amide bonds. The van der Waals surface area contributed by atoms with Crippen LogP contribution in [0.25, 0.3) is 0 Å². The molecule has 0 aliphatic heterocycles. The molecule has 234 valence electrons. The van der Waals surface area contributed by atoms with Crippen LogP contribution in [0.4, 0.5) is 4.79 Å². The highest BCUT2D eigenvalue weighted by molar-refractivity contribution is 7.45. The average molecular weight is 580 g/mol. The Balaban J connectivity index is 3.89. The van der Waals surface area contributed by atoms with Crippen LogP contribution in [-0.4, -0.2) is 64.3 Å². The maximum absolute atomic E-state index is 12.1. The first kappa shape index (κ1) is 38.3. The summed E-state index contributed by atoms with van der Waals surface area (Å²) in [7, 11) is 1.38. The number of ether oxygens (including phenoxy) is 2. The van der Waals surface area contributed by atoms with E-state index in [1.54, 1.807) is 6.92 Å². The molecule has 0 radical (unpaired) electrons. The van der Waals surface area contributed by atoms with E-state index < -0.39 is 20.1 Å². The zero-order chi connectivity index (χ0) is 29.2. The van der Waals surface area contributed by atoms with Crippen LogP contribution in [0.1, 0.15) is 136 Å². The van der Waals surface area contributed by atoms with Gasteiger partial charge in [-0.1, -0.05) is 116 Å². The van der Waals surface area contributed by atoms with Crippen molar-refractivity contribution in [2.24, 2.45) is 0 Å². The lowest BCUT2D eigenvalue weighted by Crippen LogP contribution is -2.37. The monoisotopic (exact) mass is 579 g/mol. The van der Waals surface area contributed by atoms with Crippen molar-refractivity contribution < 1.29 is 37.3 Å². The number of phosphoric acid groups is 1. The third-order valence-corrected chi connectivity index (χ3v) is 7.80. The topological polar surface area (TPSA) is 94.1 Å². The first-order valence-electron chi connectivity index (χ1n) is 15.8. The molecule has 0 rings (SSSR count). The predicted octanol–water partition coefficient (Wildman–Crippen LogP) is 8.17. The zero-order valence-electron chi connectivity index (χ0n) is 26.1. The zero-order valence-corrected chi connectivity index (χ0v) is 27.0. The summed E-state index contributed by atoms with van der Waals surface area (Å²) in [6.45, 7) is 4.46. The molecule has 9 heteroatoms. The van der Waals surface area contributed by atoms with Gasteiger partial charge >= 0.3 is 6.16 Å². The second-order valence-electron chi connectivity index (χ2n) is 11.8. The van der Waals surface area contributed by atoms with Crippen LogP contribution < -0.4 is 4.89 Å². The van der Waals surface area contributed by atoms with Crippen LogP contribution in [0.5, 0.6) is 0 Å². The van der Waals surface area contributed by atoms with Crippen LogP contribution in [0.15, 0.2) is 0 Å². The Hall–Kier alpha value is -0.660. The lowest BCUT2D eigenvalue weighted by atomic mass is 10.0.